The van der Waals surface area contributed by atoms with Crippen LogP contribution in [0.5, 0.6) is 0 Å². The lowest BCUT2D eigenvalue weighted by Gasteiger charge is -2.00. The van der Waals surface area contributed by atoms with E-state index in [1.54, 1.807) is 0 Å². The second-order valence-corrected chi connectivity index (χ2v) is 2.84. The molecule has 0 saturated heterocycles. The smallest absolute Gasteiger partial charge is 0.275 e. The summed E-state index contributed by atoms with van der Waals surface area (Å²) in [4.78, 5) is 14.1. The summed E-state index contributed by atoms with van der Waals surface area (Å²) < 4.78 is 29.0. The van der Waals surface area contributed by atoms with Crippen LogP contribution < -0.4 is 0 Å². The van der Waals surface area contributed by atoms with Gasteiger partial charge in [-0.1, -0.05) is 12.7 Å². The van der Waals surface area contributed by atoms with Gasteiger partial charge in [0.25, 0.3) is 0 Å². The molecule has 0 fully saturated rings. The van der Waals surface area contributed by atoms with E-state index in [1.807, 2.05) is 0 Å². The number of hydrogen-bond donors (Lipinski definition) is 0. The summed E-state index contributed by atoms with van der Waals surface area (Å²) in [7, 11) is -4.31. The molecule has 0 amide bonds. The number of hydrogen-bond acceptors (Lipinski definition) is 6. The van der Waals surface area contributed by atoms with Gasteiger partial charge in [0.15, 0.2) is 0 Å². The average Bonchev–Trinajstić information content (AvgIpc) is 2.11. The van der Waals surface area contributed by atoms with Crippen molar-refractivity contribution < 1.29 is 26.6 Å². The maximum absolute atomic E-state index is 10.6. The third-order valence-corrected chi connectivity index (χ3v) is 1.36. The van der Waals surface area contributed by atoms with Gasteiger partial charge in [-0.15, -0.1) is 6.58 Å². The molecule has 0 aliphatic rings. The van der Waals surface area contributed by atoms with Crippen molar-refractivity contribution >= 4 is 16.4 Å². The lowest BCUT2D eigenvalue weighted by Crippen LogP contribution is -2.13. The summed E-state index contributed by atoms with van der Waals surface area (Å²) >= 11 is 0. The molecule has 0 unspecified atom stereocenters. The molecular formula is C6H8O6S. The van der Waals surface area contributed by atoms with E-state index in [-0.39, 0.29) is 6.61 Å². The van der Waals surface area contributed by atoms with Crippen molar-refractivity contribution in [2.45, 2.75) is 0 Å². The Morgan fingerprint density at radius 3 is 2.46 bits per heavy atom. The molecule has 0 aromatic rings. The molecule has 0 aliphatic heterocycles. The van der Waals surface area contributed by atoms with Crippen LogP contribution in [0.3, 0.4) is 0 Å². The molecule has 74 valence electrons. The molecule has 0 aliphatic carbocycles. The van der Waals surface area contributed by atoms with Crippen molar-refractivity contribution in [3.63, 3.8) is 0 Å². The zero-order valence-electron chi connectivity index (χ0n) is 6.63. The molecule has 13 heavy (non-hydrogen) atoms. The monoisotopic (exact) mass is 208 g/mol. The summed E-state index contributed by atoms with van der Waals surface area (Å²) in [6, 6.07) is 0. The second kappa shape index (κ2) is 5.46. The van der Waals surface area contributed by atoms with Crippen LogP contribution in [0.2, 0.25) is 0 Å². The Morgan fingerprint density at radius 2 is 2.00 bits per heavy atom. The Bertz CT molecular complexity index is 290. The van der Waals surface area contributed by atoms with E-state index in [9.17, 15) is 13.2 Å². The second-order valence-electron chi connectivity index (χ2n) is 1.66. The topological polar surface area (TPSA) is 78.9 Å². The molecule has 0 aromatic heterocycles. The summed E-state index contributed by atoms with van der Waals surface area (Å²) in [5, 5.41) is 0. The predicted octanol–water partition coefficient (Wildman–Crippen LogP) is 0.0946. The van der Waals surface area contributed by atoms with E-state index in [1.165, 1.54) is 6.08 Å². The summed E-state index contributed by atoms with van der Waals surface area (Å²) in [5.74, 6) is -1.04. The lowest BCUT2D eigenvalue weighted by atomic mass is 10.7. The fourth-order valence-corrected chi connectivity index (χ4v) is 0.713. The first-order valence-corrected chi connectivity index (χ1v) is 4.38. The summed E-state index contributed by atoms with van der Waals surface area (Å²) in [6.45, 7) is 5.95. The van der Waals surface area contributed by atoms with Crippen LogP contribution in [0.4, 0.5) is 0 Å². The molecule has 6 nitrogen and oxygen atoms in total. The van der Waals surface area contributed by atoms with Gasteiger partial charge in [0, 0.05) is 6.08 Å². The molecule has 0 radical (unpaired) electrons. The molecular weight excluding hydrogens is 200 g/mol. The Morgan fingerprint density at radius 1 is 1.38 bits per heavy atom. The highest BCUT2D eigenvalue weighted by molar-refractivity contribution is 7.81. The van der Waals surface area contributed by atoms with Crippen LogP contribution >= 0.6 is 0 Å². The molecule has 0 heterocycles. The largest absolute Gasteiger partial charge is 0.435 e. The zero-order chi connectivity index (χ0) is 10.3. The van der Waals surface area contributed by atoms with Crippen LogP contribution in [0.15, 0.2) is 25.3 Å². The van der Waals surface area contributed by atoms with Gasteiger partial charge in [0.2, 0.25) is 0 Å². The molecule has 0 N–H and O–H groups in total. The summed E-state index contributed by atoms with van der Waals surface area (Å²) in [6.07, 6.45) is 1.93. The van der Waals surface area contributed by atoms with Gasteiger partial charge in [0.1, 0.15) is 0 Å². The molecule has 0 saturated carbocycles. The van der Waals surface area contributed by atoms with Crippen molar-refractivity contribution in [2.24, 2.45) is 0 Å². The van der Waals surface area contributed by atoms with Crippen molar-refractivity contribution in [3.8, 4) is 0 Å². The normalized spacial score (nSPS) is 10.5. The van der Waals surface area contributed by atoms with E-state index < -0.39 is 16.4 Å². The first kappa shape index (κ1) is 11.8. The van der Waals surface area contributed by atoms with E-state index >= 15 is 0 Å². The molecule has 7 heteroatoms. The first-order chi connectivity index (χ1) is 6.02. The fraction of sp³-hybridized carbons (Fsp3) is 0.167. The van der Waals surface area contributed by atoms with Gasteiger partial charge >= 0.3 is 16.4 Å². The highest BCUT2D eigenvalue weighted by Gasteiger charge is 2.14. The quantitative estimate of drug-likeness (QED) is 0.266. The van der Waals surface area contributed by atoms with Gasteiger partial charge < -0.3 is 0 Å². The molecule has 0 rings (SSSR count). The maximum atomic E-state index is 10.6. The standard InChI is InChI=1S/C6H8O6S/c1-3-5-10-13(8,9)12-11-6(7)4-2/h3-4H,1-2,5H2. The van der Waals surface area contributed by atoms with Crippen LogP contribution in [-0.2, 0) is 28.6 Å². The third kappa shape index (κ3) is 6.02. The van der Waals surface area contributed by atoms with Gasteiger partial charge in [-0.3, -0.25) is 4.89 Å². The van der Waals surface area contributed by atoms with E-state index in [4.69, 9.17) is 0 Å². The Kier molecular flexibility index (Phi) is 4.97. The maximum Gasteiger partial charge on any atom is 0.435 e. The molecule has 0 spiro atoms. The Hall–Kier alpha value is -1.18. The minimum atomic E-state index is -4.31. The lowest BCUT2D eigenvalue weighted by molar-refractivity contribution is -0.208. The Balaban J connectivity index is 3.96. The van der Waals surface area contributed by atoms with Crippen LogP contribution in [0.25, 0.3) is 0 Å². The SMILES string of the molecule is C=CCOS(=O)(=O)OOC(=O)C=C. The summed E-state index contributed by atoms with van der Waals surface area (Å²) in [5.41, 5.74) is 0. The molecule has 0 atom stereocenters. The minimum Gasteiger partial charge on any atom is -0.275 e. The number of rotatable bonds is 6. The van der Waals surface area contributed by atoms with Gasteiger partial charge in [-0.25, -0.2) is 8.98 Å². The fourth-order valence-electron chi connectivity index (χ4n) is 0.260. The van der Waals surface area contributed by atoms with Crippen molar-refractivity contribution in [2.75, 3.05) is 6.61 Å². The van der Waals surface area contributed by atoms with Crippen molar-refractivity contribution in [3.05, 3.63) is 25.3 Å². The van der Waals surface area contributed by atoms with E-state index in [0.717, 1.165) is 6.08 Å². The highest BCUT2D eigenvalue weighted by Crippen LogP contribution is 1.97. The molecule has 0 aromatic carbocycles. The highest BCUT2D eigenvalue weighted by atomic mass is 32.3. The van der Waals surface area contributed by atoms with E-state index in [2.05, 4.69) is 26.6 Å². The van der Waals surface area contributed by atoms with Gasteiger partial charge in [-0.05, 0) is 4.33 Å². The van der Waals surface area contributed by atoms with E-state index in [0.29, 0.717) is 0 Å². The van der Waals surface area contributed by atoms with Gasteiger partial charge in [0.05, 0.1) is 6.61 Å². The first-order valence-electron chi connectivity index (χ1n) is 3.04. The van der Waals surface area contributed by atoms with Crippen LogP contribution in [-0.4, -0.2) is 21.0 Å². The average molecular weight is 208 g/mol. The number of carbonyl (C=O) groups is 1. The van der Waals surface area contributed by atoms with Crippen molar-refractivity contribution in [1.29, 1.82) is 0 Å². The predicted molar refractivity (Wildman–Crippen MR) is 42.4 cm³/mol. The van der Waals surface area contributed by atoms with Crippen LogP contribution in [0.1, 0.15) is 0 Å². The zero-order valence-corrected chi connectivity index (χ0v) is 7.45. The number of carbonyl (C=O) groups excluding carboxylic acids is 1. The van der Waals surface area contributed by atoms with Crippen LogP contribution in [0, 0.1) is 0 Å². The minimum absolute atomic E-state index is 0.270. The van der Waals surface area contributed by atoms with Gasteiger partial charge in [-0.2, -0.15) is 8.42 Å². The van der Waals surface area contributed by atoms with Crippen molar-refractivity contribution in [1.82, 2.24) is 0 Å². The molecule has 0 bridgehead atoms. The Labute approximate surface area is 75.7 Å². The third-order valence-electron chi connectivity index (χ3n) is 0.696.